The number of nitrogens with one attached hydrogen (secondary N) is 2. The van der Waals surface area contributed by atoms with E-state index >= 15 is 0 Å². The molecule has 22 heavy (non-hydrogen) atoms. The van der Waals surface area contributed by atoms with E-state index in [0.717, 1.165) is 0 Å². The average Bonchev–Trinajstić information content (AvgIpc) is 2.50. The van der Waals surface area contributed by atoms with Crippen molar-refractivity contribution in [1.82, 2.24) is 10.6 Å². The van der Waals surface area contributed by atoms with Gasteiger partial charge in [0.2, 0.25) is 0 Å². The molecule has 0 bridgehead atoms. The fourth-order valence-corrected chi connectivity index (χ4v) is 2.89. The Morgan fingerprint density at radius 3 is 2.64 bits per heavy atom. The van der Waals surface area contributed by atoms with Gasteiger partial charge < -0.3 is 20.1 Å². The van der Waals surface area contributed by atoms with E-state index in [2.05, 4.69) is 15.4 Å². The SMILES string of the molecule is CCOC(=O)C1=C(CSCCC(=O)OC)NC(=O)N[C@@H]1CC. The van der Waals surface area contributed by atoms with E-state index in [1.54, 1.807) is 6.92 Å². The summed E-state index contributed by atoms with van der Waals surface area (Å²) in [4.78, 5) is 34.9. The summed E-state index contributed by atoms with van der Waals surface area (Å²) in [6.07, 6.45) is 0.879. The van der Waals surface area contributed by atoms with Crippen molar-refractivity contribution in [2.75, 3.05) is 25.2 Å². The van der Waals surface area contributed by atoms with Gasteiger partial charge in [-0.25, -0.2) is 9.59 Å². The van der Waals surface area contributed by atoms with Gasteiger partial charge in [-0.2, -0.15) is 11.8 Å². The quantitative estimate of drug-likeness (QED) is 0.513. The van der Waals surface area contributed by atoms with Crippen molar-refractivity contribution in [2.24, 2.45) is 0 Å². The Labute approximate surface area is 134 Å². The van der Waals surface area contributed by atoms with Crippen LogP contribution in [0.3, 0.4) is 0 Å². The molecular formula is C14H22N2O5S. The van der Waals surface area contributed by atoms with Crippen LogP contribution in [0.5, 0.6) is 0 Å². The molecule has 0 saturated carbocycles. The number of hydrogen-bond donors (Lipinski definition) is 2. The van der Waals surface area contributed by atoms with Crippen molar-refractivity contribution in [3.05, 3.63) is 11.3 Å². The van der Waals surface area contributed by atoms with E-state index in [1.165, 1.54) is 18.9 Å². The molecule has 0 unspecified atom stereocenters. The molecule has 0 aliphatic carbocycles. The predicted molar refractivity (Wildman–Crippen MR) is 83.4 cm³/mol. The third kappa shape index (κ3) is 5.25. The van der Waals surface area contributed by atoms with Crippen LogP contribution in [0.1, 0.15) is 26.7 Å². The smallest absolute Gasteiger partial charge is 0.337 e. The minimum absolute atomic E-state index is 0.273. The lowest BCUT2D eigenvalue weighted by atomic mass is 10.0. The van der Waals surface area contributed by atoms with Crippen LogP contribution in [0, 0.1) is 0 Å². The zero-order valence-electron chi connectivity index (χ0n) is 13.1. The Balaban J connectivity index is 2.78. The lowest BCUT2D eigenvalue weighted by Gasteiger charge is -2.28. The molecule has 2 amide bonds. The van der Waals surface area contributed by atoms with Crippen LogP contribution in [0.2, 0.25) is 0 Å². The average molecular weight is 330 g/mol. The van der Waals surface area contributed by atoms with Gasteiger partial charge in [0, 0.05) is 17.2 Å². The highest BCUT2D eigenvalue weighted by Gasteiger charge is 2.31. The van der Waals surface area contributed by atoms with E-state index in [9.17, 15) is 14.4 Å². The van der Waals surface area contributed by atoms with Crippen molar-refractivity contribution in [3.63, 3.8) is 0 Å². The van der Waals surface area contributed by atoms with Gasteiger partial charge in [0.25, 0.3) is 0 Å². The minimum Gasteiger partial charge on any atom is -0.469 e. The molecular weight excluding hydrogens is 308 g/mol. The van der Waals surface area contributed by atoms with Crippen molar-refractivity contribution in [3.8, 4) is 0 Å². The standard InChI is InChI=1S/C14H22N2O5S/c1-4-9-12(13(18)21-5-2)10(16-14(19)15-9)8-22-7-6-11(17)20-3/h9H,4-8H2,1-3H3,(H2,15,16,19)/t9-/m1/s1. The number of esters is 2. The van der Waals surface area contributed by atoms with E-state index in [1.807, 2.05) is 6.92 Å². The maximum atomic E-state index is 12.1. The third-order valence-electron chi connectivity index (χ3n) is 3.07. The summed E-state index contributed by atoms with van der Waals surface area (Å²) in [7, 11) is 1.34. The number of carbonyl (C=O) groups is 3. The largest absolute Gasteiger partial charge is 0.469 e. The summed E-state index contributed by atoms with van der Waals surface area (Å²) >= 11 is 1.45. The first-order valence-electron chi connectivity index (χ1n) is 7.15. The number of thioether (sulfide) groups is 1. The molecule has 7 nitrogen and oxygen atoms in total. The van der Waals surface area contributed by atoms with Crippen LogP contribution in [0.4, 0.5) is 4.79 Å². The molecule has 0 radical (unpaired) electrons. The number of ether oxygens (including phenoxy) is 2. The number of methoxy groups -OCH3 is 1. The van der Waals surface area contributed by atoms with Crippen LogP contribution >= 0.6 is 11.8 Å². The normalized spacial score (nSPS) is 17.6. The maximum Gasteiger partial charge on any atom is 0.337 e. The van der Waals surface area contributed by atoms with Crippen molar-refractivity contribution in [1.29, 1.82) is 0 Å². The molecule has 1 atom stereocenters. The molecule has 0 aromatic carbocycles. The summed E-state index contributed by atoms with van der Waals surface area (Å²) in [5.41, 5.74) is 0.999. The fraction of sp³-hybridized carbons (Fsp3) is 0.643. The number of carbonyl (C=O) groups excluding carboxylic acids is 3. The number of hydrogen-bond acceptors (Lipinski definition) is 6. The molecule has 0 aromatic rings. The van der Waals surface area contributed by atoms with Gasteiger partial charge in [-0.15, -0.1) is 0 Å². The Morgan fingerprint density at radius 1 is 1.32 bits per heavy atom. The highest BCUT2D eigenvalue weighted by atomic mass is 32.2. The van der Waals surface area contributed by atoms with Crippen LogP contribution in [0.15, 0.2) is 11.3 Å². The predicted octanol–water partition coefficient (Wildman–Crippen LogP) is 1.19. The number of rotatable bonds is 8. The topological polar surface area (TPSA) is 93.7 Å². The summed E-state index contributed by atoms with van der Waals surface area (Å²) in [6, 6.07) is -0.688. The molecule has 1 aliphatic heterocycles. The molecule has 0 fully saturated rings. The maximum absolute atomic E-state index is 12.1. The van der Waals surface area contributed by atoms with Crippen molar-refractivity contribution in [2.45, 2.75) is 32.7 Å². The molecule has 2 N–H and O–H groups in total. The molecule has 0 spiro atoms. The van der Waals surface area contributed by atoms with Gasteiger partial charge in [-0.3, -0.25) is 4.79 Å². The Bertz CT molecular complexity index is 464. The molecule has 1 heterocycles. The van der Waals surface area contributed by atoms with Crippen LogP contribution in [-0.4, -0.2) is 49.2 Å². The van der Waals surface area contributed by atoms with Crippen LogP contribution in [-0.2, 0) is 19.1 Å². The van der Waals surface area contributed by atoms with Gasteiger partial charge in [-0.05, 0) is 13.3 Å². The third-order valence-corrected chi connectivity index (χ3v) is 4.06. The van der Waals surface area contributed by atoms with Gasteiger partial charge >= 0.3 is 18.0 Å². The van der Waals surface area contributed by atoms with Crippen molar-refractivity contribution >= 4 is 29.7 Å². The summed E-state index contributed by atoms with van der Waals surface area (Å²) in [6.45, 7) is 3.89. The lowest BCUT2D eigenvalue weighted by Crippen LogP contribution is -2.50. The summed E-state index contributed by atoms with van der Waals surface area (Å²) in [5.74, 6) is 0.264. The second-order valence-electron chi connectivity index (χ2n) is 4.55. The van der Waals surface area contributed by atoms with Crippen LogP contribution in [0.25, 0.3) is 0 Å². The number of amides is 2. The first kappa shape index (κ1) is 18.3. The van der Waals surface area contributed by atoms with Crippen molar-refractivity contribution < 1.29 is 23.9 Å². The Kier molecular flexibility index (Phi) is 7.79. The second-order valence-corrected chi connectivity index (χ2v) is 5.66. The molecule has 0 saturated heterocycles. The zero-order chi connectivity index (χ0) is 16.5. The molecule has 0 aromatic heterocycles. The van der Waals surface area contributed by atoms with E-state index < -0.39 is 5.97 Å². The first-order valence-corrected chi connectivity index (χ1v) is 8.31. The van der Waals surface area contributed by atoms with E-state index in [4.69, 9.17) is 4.74 Å². The minimum atomic E-state index is -0.426. The first-order chi connectivity index (χ1) is 10.5. The highest BCUT2D eigenvalue weighted by Crippen LogP contribution is 2.20. The van der Waals surface area contributed by atoms with Gasteiger partial charge in [0.05, 0.1) is 31.8 Å². The zero-order valence-corrected chi connectivity index (χ0v) is 13.9. The summed E-state index contributed by atoms with van der Waals surface area (Å²) < 4.78 is 9.64. The molecule has 124 valence electrons. The summed E-state index contributed by atoms with van der Waals surface area (Å²) in [5, 5.41) is 5.38. The molecule has 1 rings (SSSR count). The van der Waals surface area contributed by atoms with Crippen LogP contribution < -0.4 is 10.6 Å². The van der Waals surface area contributed by atoms with Gasteiger partial charge in [-0.1, -0.05) is 6.92 Å². The highest BCUT2D eigenvalue weighted by molar-refractivity contribution is 7.99. The van der Waals surface area contributed by atoms with E-state index in [-0.39, 0.29) is 31.1 Å². The Hall–Kier alpha value is -1.70. The second kappa shape index (κ2) is 9.34. The number of urea groups is 1. The fourth-order valence-electron chi connectivity index (χ4n) is 2.01. The lowest BCUT2D eigenvalue weighted by molar-refractivity contribution is -0.140. The van der Waals surface area contributed by atoms with Gasteiger partial charge in [0.1, 0.15) is 0 Å². The molecule has 8 heteroatoms. The monoisotopic (exact) mass is 330 g/mol. The molecule has 1 aliphatic rings. The Morgan fingerprint density at radius 2 is 2.05 bits per heavy atom. The van der Waals surface area contributed by atoms with Gasteiger partial charge in [0.15, 0.2) is 0 Å². The van der Waals surface area contributed by atoms with E-state index in [0.29, 0.717) is 29.2 Å².